The summed E-state index contributed by atoms with van der Waals surface area (Å²) in [5.74, 6) is 0.779. The number of aromatic nitrogens is 1. The van der Waals surface area contributed by atoms with Gasteiger partial charge in [0.25, 0.3) is 0 Å². The van der Waals surface area contributed by atoms with Crippen molar-refractivity contribution in [1.82, 2.24) is 4.57 Å². The molecule has 0 N–H and O–H groups in total. The molecule has 1 heterocycles. The number of rotatable bonds is 5. The van der Waals surface area contributed by atoms with Gasteiger partial charge in [0, 0.05) is 46.9 Å². The second-order valence-electron chi connectivity index (χ2n) is 4.09. The quantitative estimate of drug-likeness (QED) is 0.613. The maximum absolute atomic E-state index is 11.6. The van der Waals surface area contributed by atoms with Crippen LogP contribution in [0.1, 0.15) is 0 Å². The number of pyridine rings is 1. The molecule has 0 aliphatic carbocycles. The molecule has 0 atom stereocenters. The molecular weight excluding hydrogens is 331 g/mol. The first-order valence-corrected chi connectivity index (χ1v) is 6.02. The smallest absolute Gasteiger partial charge is 0.194 e. The predicted molar refractivity (Wildman–Crippen MR) is 73.3 cm³/mol. The Morgan fingerprint density at radius 3 is 2.50 bits per heavy atom. The molecule has 0 amide bonds. The normalized spacial score (nSPS) is 9.90. The van der Waals surface area contributed by atoms with Crippen LogP contribution in [0.4, 0.5) is 0 Å². The molecule has 0 saturated carbocycles. The standard InChI is InChI=1S/C15H16NO3.Y/c1-16-14(4-3-5-15(16)17)12-6-8-13(9-7-12)19-11-10-18-2;/h3,5-9H,10-11H2,1-2H3;/q-1;. The fourth-order valence-corrected chi connectivity index (χ4v) is 1.74. The van der Waals surface area contributed by atoms with Gasteiger partial charge < -0.3 is 14.0 Å². The monoisotopic (exact) mass is 347 g/mol. The summed E-state index contributed by atoms with van der Waals surface area (Å²) in [4.78, 5) is 11.6. The van der Waals surface area contributed by atoms with Gasteiger partial charge in [-0.3, -0.25) is 4.79 Å². The van der Waals surface area contributed by atoms with Crippen LogP contribution >= 0.6 is 0 Å². The Labute approximate surface area is 143 Å². The van der Waals surface area contributed by atoms with Crippen LogP contribution in [-0.2, 0) is 44.5 Å². The predicted octanol–water partition coefficient (Wildman–Crippen LogP) is 1.88. The van der Waals surface area contributed by atoms with Crippen molar-refractivity contribution in [1.29, 1.82) is 0 Å². The van der Waals surface area contributed by atoms with E-state index in [-0.39, 0.29) is 38.3 Å². The molecule has 2 aromatic rings. The molecule has 0 saturated heterocycles. The molecule has 103 valence electrons. The Morgan fingerprint density at radius 2 is 1.85 bits per heavy atom. The molecule has 1 radical (unpaired) electrons. The van der Waals surface area contributed by atoms with Gasteiger partial charge in [-0.2, -0.15) is 12.1 Å². The van der Waals surface area contributed by atoms with Crippen LogP contribution in [0.15, 0.2) is 41.2 Å². The second-order valence-corrected chi connectivity index (χ2v) is 4.09. The van der Waals surface area contributed by atoms with E-state index in [0.717, 1.165) is 17.0 Å². The number of nitrogens with zero attached hydrogens (tertiary/aromatic N) is 1. The summed E-state index contributed by atoms with van der Waals surface area (Å²) in [7, 11) is 3.37. The van der Waals surface area contributed by atoms with Gasteiger partial charge in [-0.15, -0.1) is 12.1 Å². The minimum Gasteiger partial charge on any atom is -0.491 e. The van der Waals surface area contributed by atoms with Crippen molar-refractivity contribution in [3.63, 3.8) is 0 Å². The van der Waals surface area contributed by atoms with Gasteiger partial charge in [-0.25, -0.2) is 0 Å². The Morgan fingerprint density at radius 1 is 1.15 bits per heavy atom. The van der Waals surface area contributed by atoms with Crippen LogP contribution in [0.25, 0.3) is 11.3 Å². The van der Waals surface area contributed by atoms with Crippen LogP contribution in [0.3, 0.4) is 0 Å². The molecule has 20 heavy (non-hydrogen) atoms. The Hall–Kier alpha value is -0.966. The summed E-state index contributed by atoms with van der Waals surface area (Å²) in [6.45, 7) is 1.08. The van der Waals surface area contributed by atoms with Crippen LogP contribution in [0, 0.1) is 6.07 Å². The minimum absolute atomic E-state index is 0. The average molecular weight is 347 g/mol. The molecular formula is C15H16NO3Y-. The molecule has 0 unspecified atom stereocenters. The van der Waals surface area contributed by atoms with E-state index in [1.54, 1.807) is 24.8 Å². The van der Waals surface area contributed by atoms with Crippen molar-refractivity contribution in [2.75, 3.05) is 20.3 Å². The molecule has 1 aromatic heterocycles. The minimum atomic E-state index is -0.0471. The van der Waals surface area contributed by atoms with Crippen molar-refractivity contribution < 1.29 is 42.2 Å². The van der Waals surface area contributed by atoms with Crippen molar-refractivity contribution in [3.05, 3.63) is 52.8 Å². The Bertz CT molecular complexity index is 593. The number of benzene rings is 1. The van der Waals surface area contributed by atoms with Crippen molar-refractivity contribution >= 4 is 0 Å². The fraction of sp³-hybridized carbons (Fsp3) is 0.267. The van der Waals surface area contributed by atoms with Crippen molar-refractivity contribution in [3.8, 4) is 17.0 Å². The maximum Gasteiger partial charge on any atom is 0.194 e. The summed E-state index contributed by atoms with van der Waals surface area (Å²) >= 11 is 0. The van der Waals surface area contributed by atoms with E-state index >= 15 is 0 Å². The number of ether oxygens (including phenoxy) is 2. The molecule has 2 rings (SSSR count). The first kappa shape index (κ1) is 17.1. The molecule has 0 spiro atoms. The summed E-state index contributed by atoms with van der Waals surface area (Å²) in [5, 5.41) is 0. The van der Waals surface area contributed by atoms with E-state index in [0.29, 0.717) is 13.2 Å². The summed E-state index contributed by atoms with van der Waals surface area (Å²) < 4.78 is 12.0. The third-order valence-electron chi connectivity index (χ3n) is 2.80. The van der Waals surface area contributed by atoms with E-state index in [4.69, 9.17) is 9.47 Å². The molecule has 0 fully saturated rings. The zero-order chi connectivity index (χ0) is 13.7. The third-order valence-corrected chi connectivity index (χ3v) is 2.80. The zero-order valence-corrected chi connectivity index (χ0v) is 14.5. The van der Waals surface area contributed by atoms with Crippen LogP contribution in [0.5, 0.6) is 5.75 Å². The van der Waals surface area contributed by atoms with Gasteiger partial charge in [-0.1, -0.05) is 17.3 Å². The van der Waals surface area contributed by atoms with Crippen LogP contribution in [0.2, 0.25) is 0 Å². The van der Waals surface area contributed by atoms with Crippen LogP contribution in [-0.4, -0.2) is 24.9 Å². The molecule has 5 heteroatoms. The molecule has 4 nitrogen and oxygen atoms in total. The molecule has 0 bridgehead atoms. The van der Waals surface area contributed by atoms with Gasteiger partial charge in [0.1, 0.15) is 12.4 Å². The van der Waals surface area contributed by atoms with E-state index < -0.39 is 0 Å². The first-order valence-electron chi connectivity index (χ1n) is 6.02. The van der Waals surface area contributed by atoms with Crippen LogP contribution < -0.4 is 10.3 Å². The fourth-order valence-electron chi connectivity index (χ4n) is 1.74. The van der Waals surface area contributed by atoms with E-state index in [2.05, 4.69) is 6.07 Å². The SMILES string of the molecule is COCCOc1ccc(-c2[c-]ccc(=O)n2C)cc1.[Y]. The third kappa shape index (κ3) is 4.27. The maximum atomic E-state index is 11.6. The van der Waals surface area contributed by atoms with E-state index in [1.807, 2.05) is 24.3 Å². The number of methoxy groups -OCH3 is 1. The number of hydrogen-bond donors (Lipinski definition) is 0. The Kier molecular flexibility index (Phi) is 7.13. The first-order chi connectivity index (χ1) is 9.22. The van der Waals surface area contributed by atoms with Gasteiger partial charge >= 0.3 is 0 Å². The average Bonchev–Trinajstić information content (AvgIpc) is 2.43. The van der Waals surface area contributed by atoms with E-state index in [9.17, 15) is 4.79 Å². The largest absolute Gasteiger partial charge is 0.491 e. The second kappa shape index (κ2) is 8.35. The summed E-state index contributed by atoms with van der Waals surface area (Å²) in [5.41, 5.74) is 1.64. The summed E-state index contributed by atoms with van der Waals surface area (Å²) in [6.07, 6.45) is 0. The van der Waals surface area contributed by atoms with Gasteiger partial charge in [0.05, 0.1) is 6.61 Å². The number of hydrogen-bond acceptors (Lipinski definition) is 3. The van der Waals surface area contributed by atoms with Crippen molar-refractivity contribution in [2.24, 2.45) is 7.05 Å². The topological polar surface area (TPSA) is 40.5 Å². The van der Waals surface area contributed by atoms with E-state index in [1.165, 1.54) is 6.07 Å². The molecule has 0 aliphatic rings. The van der Waals surface area contributed by atoms with Crippen molar-refractivity contribution in [2.45, 2.75) is 0 Å². The van der Waals surface area contributed by atoms with Gasteiger partial charge in [0.2, 0.25) is 0 Å². The van der Waals surface area contributed by atoms with Gasteiger partial charge in [-0.05, 0) is 12.1 Å². The van der Waals surface area contributed by atoms with Gasteiger partial charge in [0.15, 0.2) is 5.56 Å². The Balaban J connectivity index is 0.00000200. The molecule has 1 aromatic carbocycles. The summed E-state index contributed by atoms with van der Waals surface area (Å²) in [6, 6.07) is 13.8. The molecule has 0 aliphatic heterocycles. The zero-order valence-electron chi connectivity index (χ0n) is 11.6.